The largest absolute Gasteiger partial charge is 0.410 e. The quantitative estimate of drug-likeness (QED) is 0.443. The highest BCUT2D eigenvalue weighted by atomic mass is 35.5. The molecule has 0 aliphatic heterocycles. The van der Waals surface area contributed by atoms with Gasteiger partial charge in [-0.15, -0.1) is 0 Å². The smallest absolute Gasteiger partial charge is 0.176 e. The Balaban J connectivity index is 3.23. The molecule has 1 rings (SSSR count). The summed E-state index contributed by atoms with van der Waals surface area (Å²) in [6.45, 7) is 0. The molecule has 0 saturated heterocycles. The Bertz CT molecular complexity index is 324. The molecule has 0 heterocycles. The summed E-state index contributed by atoms with van der Waals surface area (Å²) in [5, 5.41) is 11.9. The van der Waals surface area contributed by atoms with E-state index in [0.717, 1.165) is 0 Å². The van der Waals surface area contributed by atoms with Crippen molar-refractivity contribution in [2.75, 3.05) is 0 Å². The molecule has 2 nitrogen and oxygen atoms in total. The number of hydrogen-bond donors (Lipinski definition) is 1. The SMILES string of the molecule is O/N=C(\Cl)c1cc(Cl)ccc1Cl. The Kier molecular flexibility index (Phi) is 3.20. The van der Waals surface area contributed by atoms with Crippen LogP contribution in [-0.2, 0) is 0 Å². The second-order valence-electron chi connectivity index (χ2n) is 2.01. The summed E-state index contributed by atoms with van der Waals surface area (Å²) in [7, 11) is 0. The van der Waals surface area contributed by atoms with E-state index in [-0.39, 0.29) is 5.17 Å². The van der Waals surface area contributed by atoms with Crippen LogP contribution in [0.2, 0.25) is 10.0 Å². The van der Waals surface area contributed by atoms with E-state index in [9.17, 15) is 0 Å². The maximum Gasteiger partial charge on any atom is 0.176 e. The third-order valence-corrected chi connectivity index (χ3v) is 2.08. The standard InChI is InChI=1S/C7H4Cl3NO/c8-4-1-2-6(9)5(3-4)7(10)11-12/h1-3,12H/b11-7-. The summed E-state index contributed by atoms with van der Waals surface area (Å²) in [6, 6.07) is 4.72. The molecule has 5 heteroatoms. The van der Waals surface area contributed by atoms with Gasteiger partial charge in [0.1, 0.15) is 0 Å². The topological polar surface area (TPSA) is 32.6 Å². The van der Waals surface area contributed by atoms with Gasteiger partial charge in [-0.3, -0.25) is 0 Å². The van der Waals surface area contributed by atoms with Crippen molar-refractivity contribution in [2.45, 2.75) is 0 Å². The van der Waals surface area contributed by atoms with Crippen LogP contribution in [0.5, 0.6) is 0 Å². The van der Waals surface area contributed by atoms with Crippen LogP contribution in [0.4, 0.5) is 0 Å². The average Bonchev–Trinajstić information content (AvgIpc) is 2.08. The second-order valence-corrected chi connectivity index (χ2v) is 3.22. The molecule has 0 atom stereocenters. The number of rotatable bonds is 1. The first-order valence-corrected chi connectivity index (χ1v) is 4.11. The van der Waals surface area contributed by atoms with Gasteiger partial charge in [-0.05, 0) is 18.2 Å². The molecular weight excluding hydrogens is 220 g/mol. The van der Waals surface area contributed by atoms with Gasteiger partial charge >= 0.3 is 0 Å². The van der Waals surface area contributed by atoms with Gasteiger partial charge in [-0.25, -0.2) is 0 Å². The van der Waals surface area contributed by atoms with Crippen molar-refractivity contribution in [1.82, 2.24) is 0 Å². The maximum absolute atomic E-state index is 8.36. The summed E-state index contributed by atoms with van der Waals surface area (Å²) in [5.41, 5.74) is 0.410. The van der Waals surface area contributed by atoms with E-state index >= 15 is 0 Å². The van der Waals surface area contributed by atoms with E-state index in [0.29, 0.717) is 15.6 Å². The van der Waals surface area contributed by atoms with Crippen molar-refractivity contribution >= 4 is 40.0 Å². The highest BCUT2D eigenvalue weighted by molar-refractivity contribution is 6.70. The minimum Gasteiger partial charge on any atom is -0.410 e. The number of halogens is 3. The van der Waals surface area contributed by atoms with Crippen molar-refractivity contribution in [3.63, 3.8) is 0 Å². The minimum atomic E-state index is -0.0810. The molecule has 1 N–H and O–H groups in total. The summed E-state index contributed by atoms with van der Waals surface area (Å²) < 4.78 is 0. The van der Waals surface area contributed by atoms with Crippen LogP contribution in [-0.4, -0.2) is 10.4 Å². The van der Waals surface area contributed by atoms with Crippen LogP contribution < -0.4 is 0 Å². The first-order valence-electron chi connectivity index (χ1n) is 2.98. The highest BCUT2D eigenvalue weighted by Gasteiger charge is 2.06. The normalized spacial score (nSPS) is 11.8. The van der Waals surface area contributed by atoms with Crippen LogP contribution in [0, 0.1) is 0 Å². The Morgan fingerprint density at radius 2 is 2.00 bits per heavy atom. The van der Waals surface area contributed by atoms with Gasteiger partial charge in [0, 0.05) is 10.6 Å². The predicted octanol–water partition coefficient (Wildman–Crippen LogP) is 3.37. The van der Waals surface area contributed by atoms with Gasteiger partial charge in [0.05, 0.1) is 5.02 Å². The monoisotopic (exact) mass is 223 g/mol. The van der Waals surface area contributed by atoms with Crippen LogP contribution >= 0.6 is 34.8 Å². The Morgan fingerprint density at radius 1 is 1.33 bits per heavy atom. The summed E-state index contributed by atoms with van der Waals surface area (Å²) in [6.07, 6.45) is 0. The molecule has 1 aromatic carbocycles. The molecule has 0 spiro atoms. The van der Waals surface area contributed by atoms with Gasteiger partial charge in [0.15, 0.2) is 5.17 Å². The Morgan fingerprint density at radius 3 is 2.58 bits per heavy atom. The van der Waals surface area contributed by atoms with E-state index in [1.54, 1.807) is 12.1 Å². The molecule has 0 aliphatic rings. The number of nitrogens with zero attached hydrogens (tertiary/aromatic N) is 1. The van der Waals surface area contributed by atoms with Gasteiger partial charge in [-0.1, -0.05) is 40.0 Å². The zero-order chi connectivity index (χ0) is 9.14. The molecule has 0 amide bonds. The Labute approximate surface area is 84.3 Å². The van der Waals surface area contributed by atoms with E-state index < -0.39 is 0 Å². The fourth-order valence-electron chi connectivity index (χ4n) is 0.709. The van der Waals surface area contributed by atoms with Crippen molar-refractivity contribution in [3.8, 4) is 0 Å². The van der Waals surface area contributed by atoms with E-state index in [4.69, 9.17) is 40.0 Å². The molecule has 0 unspecified atom stereocenters. The van der Waals surface area contributed by atoms with E-state index in [1.165, 1.54) is 6.07 Å². The predicted molar refractivity (Wildman–Crippen MR) is 50.6 cm³/mol. The van der Waals surface area contributed by atoms with Gasteiger partial charge in [-0.2, -0.15) is 0 Å². The second kappa shape index (κ2) is 3.99. The molecule has 0 aliphatic carbocycles. The summed E-state index contributed by atoms with van der Waals surface area (Å²) in [4.78, 5) is 0. The highest BCUT2D eigenvalue weighted by Crippen LogP contribution is 2.22. The third-order valence-electron chi connectivity index (χ3n) is 1.24. The van der Waals surface area contributed by atoms with Crippen LogP contribution in [0.1, 0.15) is 5.56 Å². The van der Waals surface area contributed by atoms with Crippen molar-refractivity contribution in [3.05, 3.63) is 33.8 Å². The zero-order valence-corrected chi connectivity index (χ0v) is 8.03. The molecular formula is C7H4Cl3NO. The van der Waals surface area contributed by atoms with Crippen molar-refractivity contribution in [2.24, 2.45) is 5.16 Å². The number of benzene rings is 1. The van der Waals surface area contributed by atoms with Crippen molar-refractivity contribution < 1.29 is 5.21 Å². The van der Waals surface area contributed by atoms with Crippen LogP contribution in [0.15, 0.2) is 23.4 Å². The van der Waals surface area contributed by atoms with Crippen molar-refractivity contribution in [1.29, 1.82) is 0 Å². The first kappa shape index (κ1) is 9.65. The minimum absolute atomic E-state index is 0.0810. The molecule has 0 saturated carbocycles. The lowest BCUT2D eigenvalue weighted by molar-refractivity contribution is 0.321. The van der Waals surface area contributed by atoms with Gasteiger partial charge < -0.3 is 5.21 Å². The average molecular weight is 224 g/mol. The molecule has 12 heavy (non-hydrogen) atoms. The van der Waals surface area contributed by atoms with Crippen LogP contribution in [0.3, 0.4) is 0 Å². The lowest BCUT2D eigenvalue weighted by Gasteiger charge is -1.99. The summed E-state index contributed by atoms with van der Waals surface area (Å²) in [5.74, 6) is 0. The van der Waals surface area contributed by atoms with E-state index in [2.05, 4.69) is 5.16 Å². The molecule has 0 radical (unpaired) electrons. The van der Waals surface area contributed by atoms with Gasteiger partial charge in [0.25, 0.3) is 0 Å². The third kappa shape index (κ3) is 2.03. The maximum atomic E-state index is 8.36. The molecule has 1 aromatic rings. The van der Waals surface area contributed by atoms with Gasteiger partial charge in [0.2, 0.25) is 0 Å². The van der Waals surface area contributed by atoms with Crippen LogP contribution in [0.25, 0.3) is 0 Å². The number of hydrogen-bond acceptors (Lipinski definition) is 2. The lowest BCUT2D eigenvalue weighted by Crippen LogP contribution is -1.91. The molecule has 0 aromatic heterocycles. The number of oxime groups is 1. The molecule has 0 fully saturated rings. The fraction of sp³-hybridized carbons (Fsp3) is 0. The summed E-state index contributed by atoms with van der Waals surface area (Å²) >= 11 is 16.9. The first-order chi connectivity index (χ1) is 5.65. The zero-order valence-electron chi connectivity index (χ0n) is 5.76. The fourth-order valence-corrected chi connectivity index (χ4v) is 1.29. The molecule has 64 valence electrons. The molecule has 0 bridgehead atoms. The van der Waals surface area contributed by atoms with E-state index in [1.807, 2.05) is 0 Å². The lowest BCUT2D eigenvalue weighted by atomic mass is 10.2. The Hall–Kier alpha value is -0.440.